The minimum absolute atomic E-state index is 0.719. The van der Waals surface area contributed by atoms with Gasteiger partial charge in [-0.1, -0.05) is 0 Å². The van der Waals surface area contributed by atoms with Crippen molar-refractivity contribution < 1.29 is 0 Å². The lowest BCUT2D eigenvalue weighted by atomic mass is 10.1. The van der Waals surface area contributed by atoms with Gasteiger partial charge in [0, 0.05) is 35.6 Å². The van der Waals surface area contributed by atoms with E-state index in [0.29, 0.717) is 0 Å². The van der Waals surface area contributed by atoms with Crippen LogP contribution in [0.3, 0.4) is 0 Å². The van der Waals surface area contributed by atoms with Gasteiger partial charge in [0.1, 0.15) is 0 Å². The molecule has 2 aromatic heterocycles. The summed E-state index contributed by atoms with van der Waals surface area (Å²) in [5.74, 6) is 0. The molecule has 14 heavy (non-hydrogen) atoms. The van der Waals surface area contributed by atoms with E-state index in [1.54, 1.807) is 6.20 Å². The van der Waals surface area contributed by atoms with Crippen LogP contribution in [0.15, 0.2) is 30.9 Å². The van der Waals surface area contributed by atoms with Crippen LogP contribution in [0.25, 0.3) is 10.8 Å². The molecule has 0 aliphatic heterocycles. The van der Waals surface area contributed by atoms with Gasteiger partial charge in [0.05, 0.1) is 0 Å². The van der Waals surface area contributed by atoms with Crippen molar-refractivity contribution in [2.45, 2.75) is 12.8 Å². The highest BCUT2D eigenvalue weighted by Crippen LogP contribution is 2.16. The first-order valence-electron chi connectivity index (χ1n) is 4.78. The van der Waals surface area contributed by atoms with Gasteiger partial charge in [-0.05, 0) is 31.0 Å². The van der Waals surface area contributed by atoms with Gasteiger partial charge in [0.2, 0.25) is 0 Å². The Morgan fingerprint density at radius 1 is 1.14 bits per heavy atom. The second-order valence-corrected chi connectivity index (χ2v) is 3.29. The average Bonchev–Trinajstić information content (AvgIpc) is 2.26. The number of rotatable bonds is 3. The maximum Gasteiger partial charge on any atom is 0.0350 e. The molecular formula is C11H13N3. The highest BCUT2D eigenvalue weighted by molar-refractivity contribution is 5.83. The summed E-state index contributed by atoms with van der Waals surface area (Å²) >= 11 is 0. The highest BCUT2D eigenvalue weighted by atomic mass is 14.6. The van der Waals surface area contributed by atoms with Gasteiger partial charge in [0.25, 0.3) is 0 Å². The van der Waals surface area contributed by atoms with E-state index in [1.165, 1.54) is 10.9 Å². The Morgan fingerprint density at radius 2 is 2.07 bits per heavy atom. The average molecular weight is 187 g/mol. The lowest BCUT2D eigenvalue weighted by Crippen LogP contribution is -2.01. The molecule has 0 bridgehead atoms. The Hall–Kier alpha value is -1.48. The summed E-state index contributed by atoms with van der Waals surface area (Å²) in [6, 6.07) is 1.98. The number of fused-ring (bicyclic) bond motifs is 1. The molecule has 0 aliphatic rings. The maximum atomic E-state index is 5.48. The van der Waals surface area contributed by atoms with Crippen LogP contribution < -0.4 is 5.73 Å². The van der Waals surface area contributed by atoms with Crippen molar-refractivity contribution in [3.8, 4) is 0 Å². The zero-order chi connectivity index (χ0) is 9.80. The van der Waals surface area contributed by atoms with Gasteiger partial charge in [0.15, 0.2) is 0 Å². The topological polar surface area (TPSA) is 51.8 Å². The fourth-order valence-corrected chi connectivity index (χ4v) is 1.55. The van der Waals surface area contributed by atoms with Gasteiger partial charge >= 0.3 is 0 Å². The summed E-state index contributed by atoms with van der Waals surface area (Å²) in [4.78, 5) is 8.32. The largest absolute Gasteiger partial charge is 0.330 e. The SMILES string of the molecule is NCCCc1cncc2ccncc12. The second-order valence-electron chi connectivity index (χ2n) is 3.29. The molecule has 0 saturated heterocycles. The van der Waals surface area contributed by atoms with Gasteiger partial charge < -0.3 is 5.73 Å². The zero-order valence-corrected chi connectivity index (χ0v) is 7.98. The maximum absolute atomic E-state index is 5.48. The minimum Gasteiger partial charge on any atom is -0.330 e. The van der Waals surface area contributed by atoms with Crippen molar-refractivity contribution in [1.82, 2.24) is 9.97 Å². The molecule has 0 aliphatic carbocycles. The number of aromatic nitrogens is 2. The summed E-state index contributed by atoms with van der Waals surface area (Å²) in [6.07, 6.45) is 9.42. The molecule has 2 aromatic rings. The van der Waals surface area contributed by atoms with E-state index in [0.717, 1.165) is 24.8 Å². The van der Waals surface area contributed by atoms with Crippen molar-refractivity contribution in [1.29, 1.82) is 0 Å². The van der Waals surface area contributed by atoms with Crippen LogP contribution in [-0.4, -0.2) is 16.5 Å². The monoisotopic (exact) mass is 187 g/mol. The Balaban J connectivity index is 2.43. The third-order valence-electron chi connectivity index (χ3n) is 2.29. The van der Waals surface area contributed by atoms with E-state index in [9.17, 15) is 0 Å². The molecule has 72 valence electrons. The molecule has 0 saturated carbocycles. The molecule has 2 rings (SSSR count). The number of nitrogens with two attached hydrogens (primary N) is 1. The quantitative estimate of drug-likeness (QED) is 0.792. The van der Waals surface area contributed by atoms with E-state index in [2.05, 4.69) is 9.97 Å². The van der Waals surface area contributed by atoms with Crippen molar-refractivity contribution in [2.24, 2.45) is 5.73 Å². The molecule has 0 spiro atoms. The first-order chi connectivity index (χ1) is 6.92. The van der Waals surface area contributed by atoms with Crippen molar-refractivity contribution in [2.75, 3.05) is 6.54 Å². The number of hydrogen-bond donors (Lipinski definition) is 1. The van der Waals surface area contributed by atoms with Crippen LogP contribution in [-0.2, 0) is 6.42 Å². The number of aryl methyl sites for hydroxylation is 1. The zero-order valence-electron chi connectivity index (χ0n) is 7.98. The molecule has 0 atom stereocenters. The molecule has 0 fully saturated rings. The van der Waals surface area contributed by atoms with Gasteiger partial charge in [-0.2, -0.15) is 0 Å². The summed E-state index contributed by atoms with van der Waals surface area (Å²) in [5.41, 5.74) is 6.72. The molecule has 2 N–H and O–H groups in total. The lowest BCUT2D eigenvalue weighted by Gasteiger charge is -2.03. The normalized spacial score (nSPS) is 10.6. The summed E-state index contributed by atoms with van der Waals surface area (Å²) in [7, 11) is 0. The summed E-state index contributed by atoms with van der Waals surface area (Å²) in [6.45, 7) is 0.719. The molecule has 0 radical (unpaired) electrons. The smallest absolute Gasteiger partial charge is 0.0350 e. The van der Waals surface area contributed by atoms with Gasteiger partial charge in [-0.15, -0.1) is 0 Å². The summed E-state index contributed by atoms with van der Waals surface area (Å²) < 4.78 is 0. The molecule has 0 amide bonds. The van der Waals surface area contributed by atoms with Crippen LogP contribution >= 0.6 is 0 Å². The third-order valence-corrected chi connectivity index (χ3v) is 2.29. The van der Waals surface area contributed by atoms with Crippen LogP contribution in [0.5, 0.6) is 0 Å². The van der Waals surface area contributed by atoms with E-state index in [-0.39, 0.29) is 0 Å². The van der Waals surface area contributed by atoms with Crippen molar-refractivity contribution >= 4 is 10.8 Å². The van der Waals surface area contributed by atoms with Crippen LogP contribution in [0.1, 0.15) is 12.0 Å². The van der Waals surface area contributed by atoms with Crippen LogP contribution in [0, 0.1) is 0 Å². The predicted octanol–water partition coefficient (Wildman–Crippen LogP) is 1.52. The van der Waals surface area contributed by atoms with Crippen molar-refractivity contribution in [3.05, 3.63) is 36.4 Å². The number of hydrogen-bond acceptors (Lipinski definition) is 3. The van der Waals surface area contributed by atoms with Crippen molar-refractivity contribution in [3.63, 3.8) is 0 Å². The number of pyridine rings is 2. The lowest BCUT2D eigenvalue weighted by molar-refractivity contribution is 0.834. The second kappa shape index (κ2) is 4.15. The highest BCUT2D eigenvalue weighted by Gasteiger charge is 2.00. The predicted molar refractivity (Wildman–Crippen MR) is 56.9 cm³/mol. The standard InChI is InChI=1S/C11H13N3/c12-4-1-2-9-6-14-7-10-3-5-13-8-11(9)10/h3,5-8H,1-2,4,12H2. The fraction of sp³-hybridized carbons (Fsp3) is 0.273. The Kier molecular flexibility index (Phi) is 2.70. The third kappa shape index (κ3) is 1.72. The van der Waals surface area contributed by atoms with Gasteiger partial charge in [-0.25, -0.2) is 0 Å². The Labute approximate surface area is 83.0 Å². The minimum atomic E-state index is 0.719. The molecule has 0 aromatic carbocycles. The molecule has 2 heterocycles. The first-order valence-corrected chi connectivity index (χ1v) is 4.78. The van der Waals surface area contributed by atoms with E-state index in [1.807, 2.05) is 24.7 Å². The fourth-order valence-electron chi connectivity index (χ4n) is 1.55. The first kappa shape index (κ1) is 9.09. The van der Waals surface area contributed by atoms with E-state index >= 15 is 0 Å². The van der Waals surface area contributed by atoms with Crippen LogP contribution in [0.4, 0.5) is 0 Å². The Bertz CT molecular complexity index is 420. The molecule has 3 nitrogen and oxygen atoms in total. The summed E-state index contributed by atoms with van der Waals surface area (Å²) in [5, 5.41) is 2.34. The van der Waals surface area contributed by atoms with E-state index < -0.39 is 0 Å². The molecule has 3 heteroatoms. The Morgan fingerprint density at radius 3 is 2.93 bits per heavy atom. The molecule has 0 unspecified atom stereocenters. The molecular weight excluding hydrogens is 174 g/mol. The number of nitrogens with zero attached hydrogens (tertiary/aromatic N) is 2. The van der Waals surface area contributed by atoms with E-state index in [4.69, 9.17) is 5.73 Å². The van der Waals surface area contributed by atoms with Crippen LogP contribution in [0.2, 0.25) is 0 Å². The van der Waals surface area contributed by atoms with Gasteiger partial charge in [-0.3, -0.25) is 9.97 Å².